The summed E-state index contributed by atoms with van der Waals surface area (Å²) in [7, 11) is 1.38. The number of benzene rings is 2. The Kier molecular flexibility index (Phi) is 6.08. The van der Waals surface area contributed by atoms with Crippen LogP contribution in [-0.2, 0) is 16.0 Å². The summed E-state index contributed by atoms with van der Waals surface area (Å²) in [5, 5.41) is 12.8. The van der Waals surface area contributed by atoms with Gasteiger partial charge in [-0.3, -0.25) is 9.69 Å². The van der Waals surface area contributed by atoms with Crippen LogP contribution in [-0.4, -0.2) is 39.9 Å². The number of imidazole rings is 1. The van der Waals surface area contributed by atoms with Gasteiger partial charge in [0.25, 0.3) is 0 Å². The number of ether oxygens (including phenoxy) is 1. The second-order valence-corrected chi connectivity index (χ2v) is 9.44. The molecule has 2 N–H and O–H groups in total. The summed E-state index contributed by atoms with van der Waals surface area (Å²) in [6.45, 7) is 2.01. The maximum absolute atomic E-state index is 13.5. The molecule has 1 aliphatic heterocycles. The minimum Gasteiger partial charge on any atom is -0.481 e. The van der Waals surface area contributed by atoms with Crippen molar-refractivity contribution in [3.05, 3.63) is 47.8 Å². The van der Waals surface area contributed by atoms with Crippen molar-refractivity contribution in [2.45, 2.75) is 57.5 Å². The number of halogens is 1. The maximum Gasteiger partial charge on any atom is 0.414 e. The number of aromatic nitrogens is 2. The van der Waals surface area contributed by atoms with E-state index in [1.807, 2.05) is 19.1 Å². The monoisotopic (exact) mass is 480 g/mol. The number of fused-ring (bicyclic) bond motifs is 3. The predicted octanol–water partition coefficient (Wildman–Crippen LogP) is 5.64. The van der Waals surface area contributed by atoms with Crippen LogP contribution in [0.25, 0.3) is 11.0 Å². The van der Waals surface area contributed by atoms with E-state index in [-0.39, 0.29) is 23.8 Å². The maximum atomic E-state index is 13.5. The third-order valence-corrected chi connectivity index (χ3v) is 7.34. The van der Waals surface area contributed by atoms with Crippen LogP contribution in [0.4, 0.5) is 26.5 Å². The average Bonchev–Trinajstić information content (AvgIpc) is 3.23. The summed E-state index contributed by atoms with van der Waals surface area (Å²) >= 11 is 0. The van der Waals surface area contributed by atoms with Gasteiger partial charge in [-0.25, -0.2) is 14.2 Å². The standard InChI is InChI=1S/C26H29FN4O4/c1-15-3-12-20-21(30(15)26(34)35-2)13-14-22-23(20)29-25(28-18-8-6-17(27)7-9-18)31(22)19-10-4-16(5-11-19)24(32)33/h6-9,13-16,19H,3-5,10-12H2,1-2H3,(H,28,29)(H,32,33)/t15-,16?,19?/m0/s1. The van der Waals surface area contributed by atoms with E-state index in [0.717, 1.165) is 48.0 Å². The van der Waals surface area contributed by atoms with Gasteiger partial charge in [-0.05, 0) is 81.8 Å². The first-order valence-electron chi connectivity index (χ1n) is 12.0. The number of amides is 1. The van der Waals surface area contributed by atoms with E-state index in [1.54, 1.807) is 17.0 Å². The van der Waals surface area contributed by atoms with Crippen molar-refractivity contribution >= 4 is 40.4 Å². The second-order valence-electron chi connectivity index (χ2n) is 9.44. The van der Waals surface area contributed by atoms with Crippen LogP contribution in [0.2, 0.25) is 0 Å². The van der Waals surface area contributed by atoms with Gasteiger partial charge in [-0.2, -0.15) is 0 Å². The smallest absolute Gasteiger partial charge is 0.414 e. The number of aryl methyl sites for hydroxylation is 1. The van der Waals surface area contributed by atoms with Crippen LogP contribution >= 0.6 is 0 Å². The molecule has 0 bridgehead atoms. The largest absolute Gasteiger partial charge is 0.481 e. The Bertz CT molecular complexity index is 1260. The highest BCUT2D eigenvalue weighted by atomic mass is 19.1. The molecule has 1 atom stereocenters. The molecule has 0 radical (unpaired) electrons. The molecule has 1 aliphatic carbocycles. The fraction of sp³-hybridized carbons (Fsp3) is 0.423. The van der Waals surface area contributed by atoms with Crippen molar-refractivity contribution < 1.29 is 23.8 Å². The number of aliphatic carboxylic acids is 1. The molecule has 2 aromatic carbocycles. The summed E-state index contributed by atoms with van der Waals surface area (Å²) in [5.41, 5.74) is 4.25. The number of carboxylic acid groups (broad SMARTS) is 1. The first-order valence-corrected chi connectivity index (χ1v) is 12.0. The lowest BCUT2D eigenvalue weighted by molar-refractivity contribution is -0.143. The van der Waals surface area contributed by atoms with Crippen LogP contribution in [0.15, 0.2) is 36.4 Å². The van der Waals surface area contributed by atoms with E-state index in [9.17, 15) is 19.1 Å². The topological polar surface area (TPSA) is 96.7 Å². The van der Waals surface area contributed by atoms with Crippen LogP contribution in [0.1, 0.15) is 50.6 Å². The minimum atomic E-state index is -0.741. The zero-order valence-electron chi connectivity index (χ0n) is 19.8. The van der Waals surface area contributed by atoms with Crippen LogP contribution < -0.4 is 10.2 Å². The lowest BCUT2D eigenvalue weighted by atomic mass is 9.86. The third kappa shape index (κ3) is 4.19. The zero-order valence-corrected chi connectivity index (χ0v) is 19.8. The third-order valence-electron chi connectivity index (χ3n) is 7.34. The fourth-order valence-corrected chi connectivity index (χ4v) is 5.48. The highest BCUT2D eigenvalue weighted by molar-refractivity contribution is 5.96. The molecular formula is C26H29FN4O4. The molecule has 9 heteroatoms. The van der Waals surface area contributed by atoms with Crippen molar-refractivity contribution in [3.63, 3.8) is 0 Å². The number of nitrogens with one attached hydrogen (secondary N) is 1. The van der Waals surface area contributed by atoms with Gasteiger partial charge < -0.3 is 19.7 Å². The molecule has 5 rings (SSSR count). The van der Waals surface area contributed by atoms with Gasteiger partial charge in [-0.1, -0.05) is 0 Å². The van der Waals surface area contributed by atoms with E-state index in [2.05, 4.69) is 9.88 Å². The quantitative estimate of drug-likeness (QED) is 0.501. The Morgan fingerprint density at radius 3 is 2.46 bits per heavy atom. The lowest BCUT2D eigenvalue weighted by Crippen LogP contribution is -2.42. The molecule has 8 nitrogen and oxygen atoms in total. The van der Waals surface area contributed by atoms with Crippen molar-refractivity contribution in [2.75, 3.05) is 17.3 Å². The van der Waals surface area contributed by atoms with Gasteiger partial charge in [0.2, 0.25) is 5.95 Å². The molecule has 35 heavy (non-hydrogen) atoms. The molecular weight excluding hydrogens is 451 g/mol. The van der Waals surface area contributed by atoms with E-state index in [4.69, 9.17) is 9.72 Å². The Morgan fingerprint density at radius 2 is 1.80 bits per heavy atom. The first-order chi connectivity index (χ1) is 16.9. The first kappa shape index (κ1) is 23.1. The van der Waals surface area contributed by atoms with Crippen LogP contribution in [0, 0.1) is 11.7 Å². The number of hydrogen-bond donors (Lipinski definition) is 2. The lowest BCUT2D eigenvalue weighted by Gasteiger charge is -2.34. The van der Waals surface area contributed by atoms with Gasteiger partial charge in [0.1, 0.15) is 5.82 Å². The van der Waals surface area contributed by atoms with Gasteiger partial charge >= 0.3 is 12.1 Å². The van der Waals surface area contributed by atoms with Crippen molar-refractivity contribution in [1.82, 2.24) is 9.55 Å². The van der Waals surface area contributed by atoms with Gasteiger partial charge in [0.05, 0.1) is 29.7 Å². The van der Waals surface area contributed by atoms with Crippen molar-refractivity contribution in [3.8, 4) is 0 Å². The molecule has 1 amide bonds. The molecule has 3 aromatic rings. The highest BCUT2D eigenvalue weighted by Crippen LogP contribution is 2.41. The molecule has 1 saturated carbocycles. The average molecular weight is 481 g/mol. The van der Waals surface area contributed by atoms with Crippen molar-refractivity contribution in [2.24, 2.45) is 5.92 Å². The van der Waals surface area contributed by atoms with Gasteiger partial charge in [0, 0.05) is 23.3 Å². The molecule has 1 aromatic heterocycles. The molecule has 184 valence electrons. The van der Waals surface area contributed by atoms with E-state index in [1.165, 1.54) is 19.2 Å². The minimum absolute atomic E-state index is 0.0117. The molecule has 0 unspecified atom stereocenters. The van der Waals surface area contributed by atoms with E-state index >= 15 is 0 Å². The van der Waals surface area contributed by atoms with Crippen LogP contribution in [0.5, 0.6) is 0 Å². The number of nitrogens with zero attached hydrogens (tertiary/aromatic N) is 3. The SMILES string of the molecule is COC(=O)N1c2ccc3c(nc(Nc4ccc(F)cc4)n3C3CCC(C(=O)O)CC3)c2CC[C@@H]1C. The van der Waals surface area contributed by atoms with Crippen LogP contribution in [0.3, 0.4) is 0 Å². The zero-order chi connectivity index (χ0) is 24.7. The Morgan fingerprint density at radius 1 is 1.09 bits per heavy atom. The molecule has 1 fully saturated rings. The molecule has 2 heterocycles. The Hall–Kier alpha value is -3.62. The number of rotatable bonds is 4. The van der Waals surface area contributed by atoms with Gasteiger partial charge in [-0.15, -0.1) is 0 Å². The summed E-state index contributed by atoms with van der Waals surface area (Å²) in [5.74, 6) is -0.753. The number of methoxy groups -OCH3 is 1. The second kappa shape index (κ2) is 9.20. The summed E-state index contributed by atoms with van der Waals surface area (Å²) in [6.07, 6.45) is 3.83. The van der Waals surface area contributed by atoms with Crippen molar-refractivity contribution in [1.29, 1.82) is 0 Å². The fourth-order valence-electron chi connectivity index (χ4n) is 5.48. The summed E-state index contributed by atoms with van der Waals surface area (Å²) in [4.78, 5) is 30.7. The van der Waals surface area contributed by atoms with E-state index < -0.39 is 12.1 Å². The summed E-state index contributed by atoms with van der Waals surface area (Å²) < 4.78 is 20.7. The molecule has 2 aliphatic rings. The van der Waals surface area contributed by atoms with E-state index in [0.29, 0.717) is 24.5 Å². The molecule has 0 saturated heterocycles. The number of carbonyl (C=O) groups is 2. The normalized spacial score (nSPS) is 22.0. The Labute approximate surface area is 202 Å². The number of anilines is 3. The number of carbonyl (C=O) groups excluding carboxylic acids is 1. The highest BCUT2D eigenvalue weighted by Gasteiger charge is 2.33. The number of hydrogen-bond acceptors (Lipinski definition) is 5. The van der Waals surface area contributed by atoms with Gasteiger partial charge in [0.15, 0.2) is 0 Å². The molecule has 0 spiro atoms. The summed E-state index contributed by atoms with van der Waals surface area (Å²) in [6, 6.07) is 10.1. The predicted molar refractivity (Wildman–Crippen MR) is 131 cm³/mol. The Balaban J connectivity index is 1.61. The number of carboxylic acids is 1.